The van der Waals surface area contributed by atoms with Gasteiger partial charge in [-0.15, -0.1) is 0 Å². The van der Waals surface area contributed by atoms with Crippen molar-refractivity contribution in [2.24, 2.45) is 0 Å². The quantitative estimate of drug-likeness (QED) is 0.943. The van der Waals surface area contributed by atoms with Crippen LogP contribution in [0.1, 0.15) is 22.9 Å². The standard InChI is InChI=1S/C17H20N2O3/c1-11-5-4-6-16(18-11)19-9-12-14(21-2)7-8-15(22-3)17(12)13(20)10-19/h4-8,13,20H,9-10H2,1-3H3. The van der Waals surface area contributed by atoms with E-state index in [1.54, 1.807) is 14.2 Å². The van der Waals surface area contributed by atoms with E-state index in [0.29, 0.717) is 18.8 Å². The fourth-order valence-electron chi connectivity index (χ4n) is 2.96. The number of aliphatic hydroxyl groups excluding tert-OH is 1. The maximum absolute atomic E-state index is 10.6. The number of benzene rings is 1. The van der Waals surface area contributed by atoms with Gasteiger partial charge >= 0.3 is 0 Å². The predicted octanol–water partition coefficient (Wildman–Crippen LogP) is 2.46. The second-order valence-corrected chi connectivity index (χ2v) is 5.40. The van der Waals surface area contributed by atoms with Crippen LogP contribution in [0.4, 0.5) is 5.82 Å². The molecule has 2 heterocycles. The lowest BCUT2D eigenvalue weighted by Crippen LogP contribution is -2.34. The summed E-state index contributed by atoms with van der Waals surface area (Å²) in [5, 5.41) is 10.6. The van der Waals surface area contributed by atoms with Crippen LogP contribution in [-0.2, 0) is 6.54 Å². The van der Waals surface area contributed by atoms with Gasteiger partial charge in [-0.1, -0.05) is 6.07 Å². The fraction of sp³-hybridized carbons (Fsp3) is 0.353. The Bertz CT molecular complexity index is 688. The summed E-state index contributed by atoms with van der Waals surface area (Å²) in [5.74, 6) is 2.31. The molecule has 1 unspecified atom stereocenters. The summed E-state index contributed by atoms with van der Waals surface area (Å²) in [6, 6.07) is 9.60. The Balaban J connectivity index is 2.04. The lowest BCUT2D eigenvalue weighted by atomic mass is 9.95. The number of pyridine rings is 1. The molecular weight excluding hydrogens is 280 g/mol. The van der Waals surface area contributed by atoms with Crippen LogP contribution < -0.4 is 14.4 Å². The largest absolute Gasteiger partial charge is 0.496 e. The smallest absolute Gasteiger partial charge is 0.129 e. The van der Waals surface area contributed by atoms with E-state index in [-0.39, 0.29) is 0 Å². The molecule has 116 valence electrons. The van der Waals surface area contributed by atoms with Crippen LogP contribution in [0.5, 0.6) is 11.5 Å². The first kappa shape index (κ1) is 14.7. The number of hydrogen-bond donors (Lipinski definition) is 1. The lowest BCUT2D eigenvalue weighted by Gasteiger charge is -2.34. The molecule has 1 aliphatic heterocycles. The zero-order valence-corrected chi connectivity index (χ0v) is 13.0. The molecule has 1 aliphatic rings. The molecule has 0 bridgehead atoms. The first-order chi connectivity index (χ1) is 10.6. The zero-order valence-electron chi connectivity index (χ0n) is 13.0. The van der Waals surface area contributed by atoms with E-state index in [4.69, 9.17) is 9.47 Å². The van der Waals surface area contributed by atoms with Gasteiger partial charge < -0.3 is 19.5 Å². The monoisotopic (exact) mass is 300 g/mol. The number of nitrogens with zero attached hydrogens (tertiary/aromatic N) is 2. The molecule has 3 rings (SSSR count). The summed E-state index contributed by atoms with van der Waals surface area (Å²) in [4.78, 5) is 6.60. The van der Waals surface area contributed by atoms with Gasteiger partial charge in [0.15, 0.2) is 0 Å². The highest BCUT2D eigenvalue weighted by atomic mass is 16.5. The minimum Gasteiger partial charge on any atom is -0.496 e. The normalized spacial score (nSPS) is 17.1. The Morgan fingerprint density at radius 3 is 2.55 bits per heavy atom. The molecule has 1 N–H and O–H groups in total. The summed E-state index contributed by atoms with van der Waals surface area (Å²) in [5.41, 5.74) is 2.71. The summed E-state index contributed by atoms with van der Waals surface area (Å²) in [6.45, 7) is 3.07. The van der Waals surface area contributed by atoms with Gasteiger partial charge in [0.25, 0.3) is 0 Å². The van der Waals surface area contributed by atoms with E-state index < -0.39 is 6.10 Å². The number of fused-ring (bicyclic) bond motifs is 1. The van der Waals surface area contributed by atoms with Gasteiger partial charge in [0.2, 0.25) is 0 Å². The van der Waals surface area contributed by atoms with Crippen LogP contribution in [0, 0.1) is 6.92 Å². The van der Waals surface area contributed by atoms with Crippen LogP contribution in [0.15, 0.2) is 30.3 Å². The van der Waals surface area contributed by atoms with Crippen LogP contribution in [-0.4, -0.2) is 30.9 Å². The van der Waals surface area contributed by atoms with Gasteiger partial charge in [0, 0.05) is 23.4 Å². The van der Waals surface area contributed by atoms with E-state index in [9.17, 15) is 5.11 Å². The van der Waals surface area contributed by atoms with E-state index in [0.717, 1.165) is 28.4 Å². The number of ether oxygens (including phenoxy) is 2. The molecule has 1 aromatic carbocycles. The highest BCUT2D eigenvalue weighted by molar-refractivity contribution is 5.55. The van der Waals surface area contributed by atoms with Crippen LogP contribution in [0.3, 0.4) is 0 Å². The molecule has 0 saturated heterocycles. The second kappa shape index (κ2) is 5.85. The SMILES string of the molecule is COc1ccc(OC)c2c1CN(c1cccc(C)n1)CC2O. The summed E-state index contributed by atoms with van der Waals surface area (Å²) in [6.07, 6.45) is -0.642. The Hall–Kier alpha value is -2.27. The third kappa shape index (κ3) is 2.48. The van der Waals surface area contributed by atoms with E-state index in [2.05, 4.69) is 9.88 Å². The zero-order chi connectivity index (χ0) is 15.7. The van der Waals surface area contributed by atoms with Crippen LogP contribution in [0.25, 0.3) is 0 Å². The molecule has 0 radical (unpaired) electrons. The van der Waals surface area contributed by atoms with Crippen molar-refractivity contribution < 1.29 is 14.6 Å². The average molecular weight is 300 g/mol. The van der Waals surface area contributed by atoms with E-state index >= 15 is 0 Å². The van der Waals surface area contributed by atoms with Crippen molar-refractivity contribution in [2.75, 3.05) is 25.7 Å². The minimum absolute atomic E-state index is 0.479. The molecule has 2 aromatic rings. The van der Waals surface area contributed by atoms with Gasteiger partial charge in [-0.25, -0.2) is 4.98 Å². The number of anilines is 1. The van der Waals surface area contributed by atoms with Crippen LogP contribution >= 0.6 is 0 Å². The maximum atomic E-state index is 10.6. The molecule has 0 fully saturated rings. The summed E-state index contributed by atoms with van der Waals surface area (Å²) >= 11 is 0. The minimum atomic E-state index is -0.642. The topological polar surface area (TPSA) is 54.8 Å². The number of hydrogen-bond acceptors (Lipinski definition) is 5. The van der Waals surface area contributed by atoms with Gasteiger partial charge in [-0.05, 0) is 31.2 Å². The van der Waals surface area contributed by atoms with Crippen molar-refractivity contribution in [2.45, 2.75) is 19.6 Å². The third-order valence-electron chi connectivity index (χ3n) is 3.99. The van der Waals surface area contributed by atoms with Gasteiger partial charge in [0.1, 0.15) is 23.4 Å². The number of aromatic nitrogens is 1. The van der Waals surface area contributed by atoms with Crippen molar-refractivity contribution >= 4 is 5.82 Å². The predicted molar refractivity (Wildman–Crippen MR) is 84.5 cm³/mol. The van der Waals surface area contributed by atoms with Crippen LogP contribution in [0.2, 0.25) is 0 Å². The molecule has 5 heteroatoms. The number of rotatable bonds is 3. The Labute approximate surface area is 130 Å². The van der Waals surface area contributed by atoms with Crippen molar-refractivity contribution in [1.82, 2.24) is 4.98 Å². The van der Waals surface area contributed by atoms with Crippen molar-refractivity contribution in [1.29, 1.82) is 0 Å². The Kier molecular flexibility index (Phi) is 3.90. The molecule has 0 aliphatic carbocycles. The third-order valence-corrected chi connectivity index (χ3v) is 3.99. The Morgan fingerprint density at radius 2 is 1.86 bits per heavy atom. The molecule has 1 aromatic heterocycles. The molecule has 0 amide bonds. The van der Waals surface area contributed by atoms with Gasteiger partial charge in [-0.3, -0.25) is 0 Å². The van der Waals surface area contributed by atoms with Gasteiger partial charge in [-0.2, -0.15) is 0 Å². The van der Waals surface area contributed by atoms with Crippen molar-refractivity contribution in [3.63, 3.8) is 0 Å². The second-order valence-electron chi connectivity index (χ2n) is 5.40. The van der Waals surface area contributed by atoms with Crippen molar-refractivity contribution in [3.8, 4) is 11.5 Å². The first-order valence-corrected chi connectivity index (χ1v) is 7.24. The maximum Gasteiger partial charge on any atom is 0.129 e. The Morgan fingerprint density at radius 1 is 1.14 bits per heavy atom. The number of aliphatic hydroxyl groups is 1. The molecule has 5 nitrogen and oxygen atoms in total. The van der Waals surface area contributed by atoms with Crippen molar-refractivity contribution in [3.05, 3.63) is 47.2 Å². The molecular formula is C17H20N2O3. The average Bonchev–Trinajstić information content (AvgIpc) is 2.53. The number of methoxy groups -OCH3 is 2. The lowest BCUT2D eigenvalue weighted by molar-refractivity contribution is 0.169. The van der Waals surface area contributed by atoms with E-state index in [1.807, 2.05) is 37.3 Å². The first-order valence-electron chi connectivity index (χ1n) is 7.24. The fourth-order valence-corrected chi connectivity index (χ4v) is 2.96. The van der Waals surface area contributed by atoms with E-state index in [1.165, 1.54) is 0 Å². The molecule has 0 spiro atoms. The summed E-state index contributed by atoms with van der Waals surface area (Å²) in [7, 11) is 3.25. The number of aryl methyl sites for hydroxylation is 1. The highest BCUT2D eigenvalue weighted by Gasteiger charge is 2.30. The highest BCUT2D eigenvalue weighted by Crippen LogP contribution is 2.40. The molecule has 0 saturated carbocycles. The summed E-state index contributed by atoms with van der Waals surface area (Å²) < 4.78 is 10.8. The van der Waals surface area contributed by atoms with Gasteiger partial charge in [0.05, 0.1) is 20.8 Å². The number of β-amino-alcohol motifs (C(OH)–C–C–N with tert-alkyl or cyclic N) is 1. The molecule has 22 heavy (non-hydrogen) atoms. The molecule has 1 atom stereocenters.